The lowest BCUT2D eigenvalue weighted by Gasteiger charge is -2.29. The Kier molecular flexibility index (Phi) is 3.97. The lowest BCUT2D eigenvalue weighted by Crippen LogP contribution is -2.56. The highest BCUT2D eigenvalue weighted by atomic mass is 32.2. The van der Waals surface area contributed by atoms with E-state index in [4.69, 9.17) is 4.42 Å². The summed E-state index contributed by atoms with van der Waals surface area (Å²) in [4.78, 5) is 15.8. The SMILES string of the molecule is CCNC(CSc1nc(C)co1)(C(=O)O)C1CC1. The minimum atomic E-state index is -0.845. The van der Waals surface area contributed by atoms with E-state index in [-0.39, 0.29) is 5.92 Å². The average Bonchev–Trinajstić information content (AvgIpc) is 3.08. The Labute approximate surface area is 110 Å². The van der Waals surface area contributed by atoms with E-state index < -0.39 is 11.5 Å². The first kappa shape index (κ1) is 13.4. The van der Waals surface area contributed by atoms with Crippen molar-refractivity contribution in [1.82, 2.24) is 10.3 Å². The predicted molar refractivity (Wildman–Crippen MR) is 68.7 cm³/mol. The molecule has 18 heavy (non-hydrogen) atoms. The molecule has 5 nitrogen and oxygen atoms in total. The maximum Gasteiger partial charge on any atom is 0.325 e. The molecule has 1 aliphatic rings. The molecule has 1 aromatic rings. The van der Waals surface area contributed by atoms with Crippen molar-refractivity contribution in [2.45, 2.75) is 37.5 Å². The first-order valence-corrected chi connectivity index (χ1v) is 7.10. The van der Waals surface area contributed by atoms with Gasteiger partial charge in [0.1, 0.15) is 11.8 Å². The van der Waals surface area contributed by atoms with Crippen molar-refractivity contribution >= 4 is 17.7 Å². The Bertz CT molecular complexity index is 431. The number of likely N-dealkylation sites (N-methyl/N-ethyl adjacent to an activating group) is 1. The van der Waals surface area contributed by atoms with Crippen molar-refractivity contribution in [3.63, 3.8) is 0 Å². The Balaban J connectivity index is 2.07. The highest BCUT2D eigenvalue weighted by Crippen LogP contribution is 2.42. The summed E-state index contributed by atoms with van der Waals surface area (Å²) in [5.74, 6) is -0.109. The Morgan fingerprint density at radius 2 is 2.44 bits per heavy atom. The average molecular weight is 270 g/mol. The fraction of sp³-hybridized carbons (Fsp3) is 0.667. The van der Waals surface area contributed by atoms with E-state index in [0.29, 0.717) is 17.5 Å². The van der Waals surface area contributed by atoms with Crippen LogP contribution in [0.4, 0.5) is 0 Å². The van der Waals surface area contributed by atoms with Gasteiger partial charge in [-0.3, -0.25) is 4.79 Å². The molecule has 0 amide bonds. The van der Waals surface area contributed by atoms with E-state index in [2.05, 4.69) is 10.3 Å². The van der Waals surface area contributed by atoms with Gasteiger partial charge in [-0.05, 0) is 32.2 Å². The maximum atomic E-state index is 11.6. The van der Waals surface area contributed by atoms with E-state index in [9.17, 15) is 9.90 Å². The van der Waals surface area contributed by atoms with Gasteiger partial charge < -0.3 is 14.8 Å². The summed E-state index contributed by atoms with van der Waals surface area (Å²) in [7, 11) is 0. The van der Waals surface area contributed by atoms with Crippen LogP contribution in [0.5, 0.6) is 0 Å². The number of aromatic nitrogens is 1. The highest BCUT2D eigenvalue weighted by molar-refractivity contribution is 7.99. The molecular formula is C12H18N2O3S. The van der Waals surface area contributed by atoms with Gasteiger partial charge >= 0.3 is 5.97 Å². The molecule has 100 valence electrons. The molecule has 0 aliphatic heterocycles. The number of aliphatic carboxylic acids is 1. The fourth-order valence-corrected chi connectivity index (χ4v) is 3.23. The van der Waals surface area contributed by atoms with Crippen LogP contribution in [0, 0.1) is 12.8 Å². The van der Waals surface area contributed by atoms with Crippen LogP contribution in [0.3, 0.4) is 0 Å². The van der Waals surface area contributed by atoms with Gasteiger partial charge in [-0.1, -0.05) is 18.7 Å². The number of carboxylic acid groups (broad SMARTS) is 1. The van der Waals surface area contributed by atoms with Crippen molar-refractivity contribution < 1.29 is 14.3 Å². The quantitative estimate of drug-likeness (QED) is 0.737. The number of hydrogen-bond acceptors (Lipinski definition) is 5. The summed E-state index contributed by atoms with van der Waals surface area (Å²) in [6.45, 7) is 4.43. The summed E-state index contributed by atoms with van der Waals surface area (Å²) in [6, 6.07) is 0. The molecule has 1 heterocycles. The number of carbonyl (C=O) groups is 1. The molecule has 0 aromatic carbocycles. The molecule has 1 saturated carbocycles. The largest absolute Gasteiger partial charge is 0.480 e. The van der Waals surface area contributed by atoms with Gasteiger partial charge in [-0.15, -0.1) is 0 Å². The van der Waals surface area contributed by atoms with Crippen LogP contribution in [0.15, 0.2) is 15.9 Å². The number of thioether (sulfide) groups is 1. The van der Waals surface area contributed by atoms with Gasteiger partial charge in [0.05, 0.1) is 5.69 Å². The zero-order valence-electron chi connectivity index (χ0n) is 10.6. The molecule has 0 bridgehead atoms. The van der Waals surface area contributed by atoms with Gasteiger partial charge in [0.2, 0.25) is 0 Å². The molecule has 1 atom stereocenters. The number of rotatable bonds is 7. The van der Waals surface area contributed by atoms with Gasteiger partial charge in [0, 0.05) is 5.75 Å². The summed E-state index contributed by atoms with van der Waals surface area (Å²) in [5.41, 5.74) is -0.0322. The number of carboxylic acids is 1. The molecule has 2 rings (SSSR count). The molecular weight excluding hydrogens is 252 g/mol. The van der Waals surface area contributed by atoms with E-state index >= 15 is 0 Å². The molecule has 1 unspecified atom stereocenters. The minimum Gasteiger partial charge on any atom is -0.480 e. The molecule has 1 fully saturated rings. The second-order valence-electron chi connectivity index (χ2n) is 4.62. The number of aryl methyl sites for hydroxylation is 1. The number of oxazole rings is 1. The molecule has 1 aliphatic carbocycles. The van der Waals surface area contributed by atoms with E-state index in [1.807, 2.05) is 13.8 Å². The summed E-state index contributed by atoms with van der Waals surface area (Å²) < 4.78 is 5.25. The van der Waals surface area contributed by atoms with Crippen molar-refractivity contribution in [3.05, 3.63) is 12.0 Å². The third kappa shape index (κ3) is 2.70. The van der Waals surface area contributed by atoms with E-state index in [0.717, 1.165) is 18.5 Å². The van der Waals surface area contributed by atoms with Crippen molar-refractivity contribution in [2.24, 2.45) is 5.92 Å². The summed E-state index contributed by atoms with van der Waals surface area (Å²) >= 11 is 1.36. The molecule has 2 N–H and O–H groups in total. The third-order valence-corrected chi connectivity index (χ3v) is 4.20. The monoisotopic (exact) mass is 270 g/mol. The number of nitrogens with zero attached hydrogens (tertiary/aromatic N) is 1. The van der Waals surface area contributed by atoms with Crippen LogP contribution >= 0.6 is 11.8 Å². The highest BCUT2D eigenvalue weighted by Gasteiger charge is 2.50. The second kappa shape index (κ2) is 5.32. The minimum absolute atomic E-state index is 0.221. The van der Waals surface area contributed by atoms with Gasteiger partial charge in [0.15, 0.2) is 0 Å². The summed E-state index contributed by atoms with van der Waals surface area (Å²) in [5, 5.41) is 13.2. The molecule has 6 heteroatoms. The number of hydrogen-bond donors (Lipinski definition) is 2. The maximum absolute atomic E-state index is 11.6. The van der Waals surface area contributed by atoms with E-state index in [1.54, 1.807) is 6.26 Å². The van der Waals surface area contributed by atoms with Crippen LogP contribution in [-0.4, -0.2) is 33.9 Å². The standard InChI is InChI=1S/C12H18N2O3S/c1-3-13-12(10(15)16,9-4-5-9)7-18-11-14-8(2)6-17-11/h6,9,13H,3-5,7H2,1-2H3,(H,15,16). The normalized spacial score (nSPS) is 18.6. The smallest absolute Gasteiger partial charge is 0.325 e. The van der Waals surface area contributed by atoms with Crippen LogP contribution in [0.25, 0.3) is 0 Å². The summed E-state index contributed by atoms with van der Waals surface area (Å²) in [6.07, 6.45) is 3.53. The fourth-order valence-electron chi connectivity index (χ4n) is 2.09. The zero-order chi connectivity index (χ0) is 13.2. The number of nitrogens with one attached hydrogen (secondary N) is 1. The lowest BCUT2D eigenvalue weighted by atomic mass is 9.96. The molecule has 0 radical (unpaired) electrons. The lowest BCUT2D eigenvalue weighted by molar-refractivity contribution is -0.144. The van der Waals surface area contributed by atoms with Crippen LogP contribution in [0.1, 0.15) is 25.5 Å². The Morgan fingerprint density at radius 1 is 1.72 bits per heavy atom. The van der Waals surface area contributed by atoms with Gasteiger partial charge in [0.25, 0.3) is 5.22 Å². The van der Waals surface area contributed by atoms with E-state index in [1.165, 1.54) is 11.8 Å². The Hall–Kier alpha value is -1.01. The van der Waals surface area contributed by atoms with Crippen LogP contribution in [0.2, 0.25) is 0 Å². The predicted octanol–water partition coefficient (Wildman–Crippen LogP) is 1.92. The molecule has 1 aromatic heterocycles. The second-order valence-corrected chi connectivity index (χ2v) is 5.55. The van der Waals surface area contributed by atoms with Crippen LogP contribution in [-0.2, 0) is 4.79 Å². The van der Waals surface area contributed by atoms with Crippen molar-refractivity contribution in [2.75, 3.05) is 12.3 Å². The van der Waals surface area contributed by atoms with Crippen molar-refractivity contribution in [3.8, 4) is 0 Å². The molecule has 0 spiro atoms. The first-order chi connectivity index (χ1) is 8.58. The van der Waals surface area contributed by atoms with Gasteiger partial charge in [-0.2, -0.15) is 0 Å². The van der Waals surface area contributed by atoms with Crippen LogP contribution < -0.4 is 5.32 Å². The topological polar surface area (TPSA) is 75.4 Å². The zero-order valence-corrected chi connectivity index (χ0v) is 11.4. The molecule has 0 saturated heterocycles. The van der Waals surface area contributed by atoms with Crippen molar-refractivity contribution in [1.29, 1.82) is 0 Å². The Morgan fingerprint density at radius 3 is 2.89 bits per heavy atom. The first-order valence-electron chi connectivity index (χ1n) is 6.12. The van der Waals surface area contributed by atoms with Gasteiger partial charge in [-0.25, -0.2) is 4.98 Å². The third-order valence-electron chi connectivity index (χ3n) is 3.17.